The zero-order chi connectivity index (χ0) is 10.6. The summed E-state index contributed by atoms with van der Waals surface area (Å²) in [5.74, 6) is 0.402. The molecular weight excluding hydrogens is 178 g/mol. The van der Waals surface area contributed by atoms with E-state index < -0.39 is 6.10 Å². The van der Waals surface area contributed by atoms with E-state index in [4.69, 9.17) is 5.73 Å². The predicted octanol–water partition coefficient (Wildman–Crippen LogP) is 1.21. The van der Waals surface area contributed by atoms with Crippen LogP contribution >= 0.6 is 0 Å². The maximum Gasteiger partial charge on any atom is 0.119 e. The van der Waals surface area contributed by atoms with E-state index in [1.54, 1.807) is 12.1 Å². The SMILES string of the molecule is CC(CC(O)CN)c1ccccc1O. The summed E-state index contributed by atoms with van der Waals surface area (Å²) < 4.78 is 0. The number of para-hydroxylation sites is 1. The first kappa shape index (κ1) is 11.0. The molecule has 3 heteroatoms. The van der Waals surface area contributed by atoms with Crippen molar-refractivity contribution in [2.75, 3.05) is 6.54 Å². The van der Waals surface area contributed by atoms with Gasteiger partial charge >= 0.3 is 0 Å². The van der Waals surface area contributed by atoms with E-state index in [1.165, 1.54) is 0 Å². The van der Waals surface area contributed by atoms with Gasteiger partial charge in [-0.15, -0.1) is 0 Å². The van der Waals surface area contributed by atoms with E-state index in [9.17, 15) is 10.2 Å². The van der Waals surface area contributed by atoms with Crippen molar-refractivity contribution in [2.24, 2.45) is 5.73 Å². The van der Waals surface area contributed by atoms with Gasteiger partial charge in [-0.2, -0.15) is 0 Å². The molecule has 0 fully saturated rings. The molecule has 0 amide bonds. The molecule has 0 spiro atoms. The number of phenols is 1. The molecule has 14 heavy (non-hydrogen) atoms. The summed E-state index contributed by atoms with van der Waals surface area (Å²) in [6.07, 6.45) is 0.0817. The van der Waals surface area contributed by atoms with E-state index in [0.717, 1.165) is 5.56 Å². The quantitative estimate of drug-likeness (QED) is 0.676. The summed E-state index contributed by atoms with van der Waals surface area (Å²) in [7, 11) is 0. The third-order valence-electron chi connectivity index (χ3n) is 2.37. The summed E-state index contributed by atoms with van der Waals surface area (Å²) in [4.78, 5) is 0. The van der Waals surface area contributed by atoms with Crippen LogP contribution in [0.15, 0.2) is 24.3 Å². The highest BCUT2D eigenvalue weighted by molar-refractivity contribution is 5.34. The van der Waals surface area contributed by atoms with Gasteiger partial charge in [0.1, 0.15) is 5.75 Å². The molecule has 0 bridgehead atoms. The van der Waals surface area contributed by atoms with Crippen LogP contribution in [0.25, 0.3) is 0 Å². The Morgan fingerprint density at radius 2 is 2.00 bits per heavy atom. The van der Waals surface area contributed by atoms with Gasteiger partial charge in [0, 0.05) is 6.54 Å². The highest BCUT2D eigenvalue weighted by Crippen LogP contribution is 2.28. The molecule has 78 valence electrons. The Kier molecular flexibility index (Phi) is 3.92. The monoisotopic (exact) mass is 195 g/mol. The van der Waals surface area contributed by atoms with E-state index in [-0.39, 0.29) is 18.2 Å². The normalized spacial score (nSPS) is 15.1. The molecule has 2 unspecified atom stereocenters. The number of nitrogens with two attached hydrogens (primary N) is 1. The van der Waals surface area contributed by atoms with Crippen LogP contribution in [0.2, 0.25) is 0 Å². The Bertz CT molecular complexity index is 288. The van der Waals surface area contributed by atoms with Gasteiger partial charge in [-0.25, -0.2) is 0 Å². The number of aromatic hydroxyl groups is 1. The summed E-state index contributed by atoms with van der Waals surface area (Å²) in [6.45, 7) is 2.23. The van der Waals surface area contributed by atoms with Crippen LogP contribution in [0.3, 0.4) is 0 Å². The van der Waals surface area contributed by atoms with Crippen molar-refractivity contribution in [3.05, 3.63) is 29.8 Å². The number of aliphatic hydroxyl groups is 1. The molecule has 0 aliphatic carbocycles. The Morgan fingerprint density at radius 1 is 1.36 bits per heavy atom. The van der Waals surface area contributed by atoms with Gasteiger partial charge in [0.15, 0.2) is 0 Å². The van der Waals surface area contributed by atoms with E-state index in [0.29, 0.717) is 6.42 Å². The second-order valence-corrected chi connectivity index (χ2v) is 3.59. The zero-order valence-electron chi connectivity index (χ0n) is 8.35. The van der Waals surface area contributed by atoms with Gasteiger partial charge in [-0.05, 0) is 24.0 Å². The minimum Gasteiger partial charge on any atom is -0.508 e. The summed E-state index contributed by atoms with van der Waals surface area (Å²) in [6, 6.07) is 7.18. The summed E-state index contributed by atoms with van der Waals surface area (Å²) in [5.41, 5.74) is 6.19. The molecule has 1 rings (SSSR count). The number of rotatable bonds is 4. The van der Waals surface area contributed by atoms with Crippen molar-refractivity contribution >= 4 is 0 Å². The minimum absolute atomic E-state index is 0.120. The van der Waals surface area contributed by atoms with Gasteiger partial charge in [0.2, 0.25) is 0 Å². The molecule has 4 N–H and O–H groups in total. The van der Waals surface area contributed by atoms with E-state index >= 15 is 0 Å². The van der Waals surface area contributed by atoms with Gasteiger partial charge < -0.3 is 15.9 Å². The van der Waals surface area contributed by atoms with Crippen molar-refractivity contribution in [2.45, 2.75) is 25.4 Å². The van der Waals surface area contributed by atoms with Crippen LogP contribution < -0.4 is 5.73 Å². The smallest absolute Gasteiger partial charge is 0.119 e. The average Bonchev–Trinajstić information content (AvgIpc) is 2.18. The molecule has 1 aromatic rings. The fourth-order valence-electron chi connectivity index (χ4n) is 1.54. The Hall–Kier alpha value is -1.06. The molecule has 0 heterocycles. The molecule has 0 saturated carbocycles. The first-order valence-corrected chi connectivity index (χ1v) is 4.81. The van der Waals surface area contributed by atoms with Crippen LogP contribution in [0.5, 0.6) is 5.75 Å². The average molecular weight is 195 g/mol. The van der Waals surface area contributed by atoms with E-state index in [2.05, 4.69) is 0 Å². The second-order valence-electron chi connectivity index (χ2n) is 3.59. The van der Waals surface area contributed by atoms with Crippen molar-refractivity contribution in [3.8, 4) is 5.75 Å². The number of benzene rings is 1. The van der Waals surface area contributed by atoms with Crippen molar-refractivity contribution in [1.29, 1.82) is 0 Å². The van der Waals surface area contributed by atoms with Crippen LogP contribution in [0.4, 0.5) is 0 Å². The lowest BCUT2D eigenvalue weighted by molar-refractivity contribution is 0.164. The van der Waals surface area contributed by atoms with Crippen molar-refractivity contribution in [1.82, 2.24) is 0 Å². The van der Waals surface area contributed by atoms with Crippen LogP contribution in [-0.4, -0.2) is 22.9 Å². The van der Waals surface area contributed by atoms with Gasteiger partial charge in [0.05, 0.1) is 6.10 Å². The summed E-state index contributed by atoms with van der Waals surface area (Å²) in [5, 5.41) is 18.9. The maximum absolute atomic E-state index is 9.55. The van der Waals surface area contributed by atoms with Crippen LogP contribution in [0.1, 0.15) is 24.8 Å². The molecule has 0 aliphatic heterocycles. The predicted molar refractivity (Wildman–Crippen MR) is 56.2 cm³/mol. The third kappa shape index (κ3) is 2.72. The number of aliphatic hydroxyl groups excluding tert-OH is 1. The Labute approximate surface area is 84.2 Å². The number of hydrogen-bond acceptors (Lipinski definition) is 3. The molecule has 0 radical (unpaired) electrons. The van der Waals surface area contributed by atoms with Gasteiger partial charge in [0.25, 0.3) is 0 Å². The molecule has 0 aliphatic rings. The second kappa shape index (κ2) is 4.98. The topological polar surface area (TPSA) is 66.5 Å². The number of hydrogen-bond donors (Lipinski definition) is 3. The largest absolute Gasteiger partial charge is 0.508 e. The first-order chi connectivity index (χ1) is 6.65. The molecule has 3 nitrogen and oxygen atoms in total. The maximum atomic E-state index is 9.55. The van der Waals surface area contributed by atoms with Gasteiger partial charge in [-0.3, -0.25) is 0 Å². The Morgan fingerprint density at radius 3 is 2.57 bits per heavy atom. The summed E-state index contributed by atoms with van der Waals surface area (Å²) >= 11 is 0. The highest BCUT2D eigenvalue weighted by atomic mass is 16.3. The van der Waals surface area contributed by atoms with Crippen LogP contribution in [-0.2, 0) is 0 Å². The fourth-order valence-corrected chi connectivity index (χ4v) is 1.54. The minimum atomic E-state index is -0.496. The lowest BCUT2D eigenvalue weighted by Gasteiger charge is -2.16. The molecule has 0 saturated heterocycles. The third-order valence-corrected chi connectivity index (χ3v) is 2.37. The Balaban J connectivity index is 2.69. The standard InChI is InChI=1S/C11H17NO2/c1-8(6-9(13)7-12)10-4-2-3-5-11(10)14/h2-5,8-9,13-14H,6-7,12H2,1H3. The zero-order valence-corrected chi connectivity index (χ0v) is 8.35. The molecule has 0 aromatic heterocycles. The molecule has 2 atom stereocenters. The van der Waals surface area contributed by atoms with Crippen molar-refractivity contribution in [3.63, 3.8) is 0 Å². The fraction of sp³-hybridized carbons (Fsp3) is 0.455. The lowest BCUT2D eigenvalue weighted by atomic mass is 9.94. The van der Waals surface area contributed by atoms with E-state index in [1.807, 2.05) is 19.1 Å². The highest BCUT2D eigenvalue weighted by Gasteiger charge is 2.13. The lowest BCUT2D eigenvalue weighted by Crippen LogP contribution is -2.21. The molecular formula is C11H17NO2. The number of phenolic OH excluding ortho intramolecular Hbond substituents is 1. The van der Waals surface area contributed by atoms with Crippen LogP contribution in [0, 0.1) is 0 Å². The first-order valence-electron chi connectivity index (χ1n) is 4.81. The molecule has 1 aromatic carbocycles. The van der Waals surface area contributed by atoms with Crippen molar-refractivity contribution < 1.29 is 10.2 Å². The van der Waals surface area contributed by atoms with Gasteiger partial charge in [-0.1, -0.05) is 25.1 Å².